The maximum Gasteiger partial charge on any atom is 0.305 e. The molecule has 0 heterocycles. The van der Waals surface area contributed by atoms with E-state index in [4.69, 9.17) is 4.74 Å². The number of ether oxygens (including phenoxy) is 1. The van der Waals surface area contributed by atoms with Crippen molar-refractivity contribution in [3.63, 3.8) is 0 Å². The molecule has 6 nitrogen and oxygen atoms in total. The zero-order valence-electron chi connectivity index (χ0n) is 60.4. The van der Waals surface area contributed by atoms with Crippen molar-refractivity contribution in [2.45, 2.75) is 469 Å². The summed E-state index contributed by atoms with van der Waals surface area (Å²) >= 11 is 0. The lowest BCUT2D eigenvalue weighted by Gasteiger charge is -2.20. The first-order valence-electron chi connectivity index (χ1n) is 40.8. The van der Waals surface area contributed by atoms with Crippen molar-refractivity contribution in [3.05, 3.63) is 36.5 Å². The molecule has 0 aromatic heterocycles. The number of carbonyl (C=O) groups is 2. The Kier molecular flexibility index (Phi) is 76.8. The molecule has 89 heavy (non-hydrogen) atoms. The number of aliphatic hydroxyl groups excluding tert-OH is 2. The number of allylic oxidation sites excluding steroid dienone is 5. The Bertz CT molecular complexity index is 1440. The van der Waals surface area contributed by atoms with Gasteiger partial charge in [0.05, 0.1) is 25.4 Å². The van der Waals surface area contributed by atoms with Crippen LogP contribution in [0.4, 0.5) is 0 Å². The first kappa shape index (κ1) is 87.1. The summed E-state index contributed by atoms with van der Waals surface area (Å²) in [6, 6.07) is -0.628. The number of nitrogens with one attached hydrogen (secondary N) is 1. The standard InChI is InChI=1S/C83H159NO5/c1-3-5-7-9-11-13-15-17-18-19-20-21-22-36-39-42-45-48-52-55-59-63-67-71-75-81(86)80(79-85)84-82(87)76-72-68-64-60-56-53-49-46-43-40-37-34-32-30-28-26-24-23-25-27-29-31-33-35-38-41-44-47-50-54-58-62-66-70-74-78-89-83(88)77-73-69-65-61-57-51-16-14-12-10-8-6-4-2/h25,27,31,33,71,75,80-81,85-86H,3-24,26,28-30,32,34-70,72-74,76-79H2,1-2H3,(H,84,87)/b27-25-,33-31-,75-71+. The van der Waals surface area contributed by atoms with E-state index in [1.807, 2.05) is 6.08 Å². The van der Waals surface area contributed by atoms with Gasteiger partial charge in [-0.05, 0) is 64.2 Å². The van der Waals surface area contributed by atoms with Crippen LogP contribution in [0.2, 0.25) is 0 Å². The van der Waals surface area contributed by atoms with Gasteiger partial charge in [0.15, 0.2) is 0 Å². The summed E-state index contributed by atoms with van der Waals surface area (Å²) in [6.07, 6.45) is 103. The molecule has 0 fully saturated rings. The first-order chi connectivity index (χ1) is 44.0. The summed E-state index contributed by atoms with van der Waals surface area (Å²) in [5.74, 6) is -0.0416. The van der Waals surface area contributed by atoms with Gasteiger partial charge in [0.2, 0.25) is 5.91 Å². The fraction of sp³-hybridized carbons (Fsp3) is 0.904. The molecular formula is C83H159NO5. The van der Waals surface area contributed by atoms with Crippen molar-refractivity contribution in [2.75, 3.05) is 13.2 Å². The predicted octanol–water partition coefficient (Wildman–Crippen LogP) is 27.0. The summed E-state index contributed by atoms with van der Waals surface area (Å²) in [6.45, 7) is 4.95. The van der Waals surface area contributed by atoms with Crippen molar-refractivity contribution in [3.8, 4) is 0 Å². The number of hydrogen-bond donors (Lipinski definition) is 3. The predicted molar refractivity (Wildman–Crippen MR) is 393 cm³/mol. The lowest BCUT2D eigenvalue weighted by atomic mass is 10.0. The van der Waals surface area contributed by atoms with Gasteiger partial charge in [-0.1, -0.05) is 416 Å². The van der Waals surface area contributed by atoms with E-state index in [1.54, 1.807) is 6.08 Å². The van der Waals surface area contributed by atoms with E-state index in [0.717, 1.165) is 44.9 Å². The third-order valence-corrected chi connectivity index (χ3v) is 19.2. The van der Waals surface area contributed by atoms with E-state index in [2.05, 4.69) is 43.5 Å². The molecule has 0 aliphatic heterocycles. The van der Waals surface area contributed by atoms with Crippen molar-refractivity contribution in [1.82, 2.24) is 5.32 Å². The lowest BCUT2D eigenvalue weighted by Crippen LogP contribution is -2.45. The third-order valence-electron chi connectivity index (χ3n) is 19.2. The molecule has 0 aliphatic rings. The Balaban J connectivity index is 3.39. The van der Waals surface area contributed by atoms with Crippen LogP contribution in [0.15, 0.2) is 36.5 Å². The second-order valence-corrected chi connectivity index (χ2v) is 28.1. The van der Waals surface area contributed by atoms with Crippen molar-refractivity contribution >= 4 is 11.9 Å². The van der Waals surface area contributed by atoms with Gasteiger partial charge < -0.3 is 20.3 Å². The normalized spacial score (nSPS) is 12.6. The average Bonchev–Trinajstić information content (AvgIpc) is 3.54. The highest BCUT2D eigenvalue weighted by Gasteiger charge is 2.18. The van der Waals surface area contributed by atoms with Gasteiger partial charge >= 0.3 is 5.97 Å². The van der Waals surface area contributed by atoms with Crippen LogP contribution in [0.5, 0.6) is 0 Å². The number of rotatable bonds is 77. The fourth-order valence-corrected chi connectivity index (χ4v) is 13.0. The molecule has 3 N–H and O–H groups in total. The summed E-state index contributed by atoms with van der Waals surface area (Å²) in [4.78, 5) is 24.6. The SMILES string of the molecule is CCCCCCCCCCCCCCCCCCCCCCCC/C=C/C(O)C(CO)NC(=O)CCCCCCCCCCCCCCCCCCC/C=C\C/C=C\CCCCCCCCCCCCCOC(=O)CCCCCCCCCCCCCCC. The number of esters is 1. The second-order valence-electron chi connectivity index (χ2n) is 28.1. The molecule has 0 rings (SSSR count). The highest BCUT2D eigenvalue weighted by atomic mass is 16.5. The minimum absolute atomic E-state index is 0.0189. The van der Waals surface area contributed by atoms with Crippen LogP contribution in [-0.4, -0.2) is 47.4 Å². The van der Waals surface area contributed by atoms with E-state index in [-0.39, 0.29) is 18.5 Å². The maximum absolute atomic E-state index is 12.6. The summed E-state index contributed by atoms with van der Waals surface area (Å²) in [5.41, 5.74) is 0. The molecule has 2 unspecified atom stereocenters. The van der Waals surface area contributed by atoms with Gasteiger partial charge in [-0.3, -0.25) is 9.59 Å². The van der Waals surface area contributed by atoms with Crippen molar-refractivity contribution in [2.24, 2.45) is 0 Å². The van der Waals surface area contributed by atoms with Gasteiger partial charge in [0, 0.05) is 12.8 Å². The van der Waals surface area contributed by atoms with Crippen LogP contribution in [0.3, 0.4) is 0 Å². The number of aliphatic hydroxyl groups is 2. The quantitative estimate of drug-likeness (QED) is 0.0320. The Morgan fingerprint density at radius 1 is 0.315 bits per heavy atom. The fourth-order valence-electron chi connectivity index (χ4n) is 13.0. The van der Waals surface area contributed by atoms with E-state index in [0.29, 0.717) is 19.4 Å². The Hall–Kier alpha value is -1.92. The molecule has 0 aliphatic carbocycles. The van der Waals surface area contributed by atoms with Gasteiger partial charge in [0.1, 0.15) is 0 Å². The van der Waals surface area contributed by atoms with Crippen LogP contribution in [0.25, 0.3) is 0 Å². The van der Waals surface area contributed by atoms with E-state index in [9.17, 15) is 19.8 Å². The van der Waals surface area contributed by atoms with Gasteiger partial charge in [-0.15, -0.1) is 0 Å². The Morgan fingerprint density at radius 2 is 0.562 bits per heavy atom. The molecular weight excluding hydrogens is 1090 g/mol. The number of carbonyl (C=O) groups excluding carboxylic acids is 2. The van der Waals surface area contributed by atoms with Crippen LogP contribution < -0.4 is 5.32 Å². The van der Waals surface area contributed by atoms with Crippen molar-refractivity contribution < 1.29 is 24.5 Å². The maximum atomic E-state index is 12.6. The minimum Gasteiger partial charge on any atom is -0.466 e. The number of hydrogen-bond acceptors (Lipinski definition) is 5. The van der Waals surface area contributed by atoms with E-state index >= 15 is 0 Å². The zero-order valence-corrected chi connectivity index (χ0v) is 60.4. The molecule has 0 saturated heterocycles. The Labute approximate surface area is 557 Å². The molecule has 0 spiro atoms. The molecule has 0 radical (unpaired) electrons. The second kappa shape index (κ2) is 78.5. The largest absolute Gasteiger partial charge is 0.466 e. The minimum atomic E-state index is -0.845. The molecule has 0 saturated carbocycles. The average molecular weight is 1250 g/mol. The van der Waals surface area contributed by atoms with Crippen molar-refractivity contribution in [1.29, 1.82) is 0 Å². The highest BCUT2D eigenvalue weighted by molar-refractivity contribution is 5.76. The topological polar surface area (TPSA) is 95.9 Å². The smallest absolute Gasteiger partial charge is 0.305 e. The zero-order chi connectivity index (χ0) is 64.2. The van der Waals surface area contributed by atoms with Crippen LogP contribution in [0, 0.1) is 0 Å². The highest BCUT2D eigenvalue weighted by Crippen LogP contribution is 2.20. The molecule has 1 amide bonds. The first-order valence-corrected chi connectivity index (χ1v) is 40.8. The molecule has 0 bridgehead atoms. The molecule has 526 valence electrons. The van der Waals surface area contributed by atoms with E-state index in [1.165, 1.54) is 385 Å². The summed E-state index contributed by atoms with van der Waals surface area (Å²) in [7, 11) is 0. The van der Waals surface area contributed by atoms with Gasteiger partial charge in [0.25, 0.3) is 0 Å². The van der Waals surface area contributed by atoms with Crippen LogP contribution in [-0.2, 0) is 14.3 Å². The Morgan fingerprint density at radius 3 is 0.854 bits per heavy atom. The third kappa shape index (κ3) is 75.0. The molecule has 6 heteroatoms. The molecule has 0 aromatic carbocycles. The molecule has 2 atom stereocenters. The van der Waals surface area contributed by atoms with Gasteiger partial charge in [-0.2, -0.15) is 0 Å². The summed E-state index contributed by atoms with van der Waals surface area (Å²) < 4.78 is 5.49. The lowest BCUT2D eigenvalue weighted by molar-refractivity contribution is -0.143. The molecule has 0 aromatic rings. The monoisotopic (exact) mass is 1250 g/mol. The van der Waals surface area contributed by atoms with E-state index < -0.39 is 12.1 Å². The number of amides is 1. The summed E-state index contributed by atoms with van der Waals surface area (Å²) in [5, 5.41) is 23.3. The van der Waals surface area contributed by atoms with Gasteiger partial charge in [-0.25, -0.2) is 0 Å². The number of unbranched alkanes of at least 4 members (excludes halogenated alkanes) is 62. The van der Waals surface area contributed by atoms with Crippen LogP contribution >= 0.6 is 0 Å². The van der Waals surface area contributed by atoms with Crippen LogP contribution in [0.1, 0.15) is 457 Å².